The van der Waals surface area contributed by atoms with Gasteiger partial charge in [-0.1, -0.05) is 11.6 Å². The number of rotatable bonds is 8. The van der Waals surface area contributed by atoms with E-state index in [4.69, 9.17) is 26.3 Å². The van der Waals surface area contributed by atoms with Gasteiger partial charge in [0.2, 0.25) is 0 Å². The van der Waals surface area contributed by atoms with Gasteiger partial charge in [-0.25, -0.2) is 9.07 Å². The first-order valence-corrected chi connectivity index (χ1v) is 13.4. The van der Waals surface area contributed by atoms with E-state index in [0.29, 0.717) is 38.1 Å². The van der Waals surface area contributed by atoms with Gasteiger partial charge in [-0.3, -0.25) is 4.79 Å². The Balaban J connectivity index is 1.45. The first kappa shape index (κ1) is 28.1. The summed E-state index contributed by atoms with van der Waals surface area (Å²) in [4.78, 5) is 12.9. The van der Waals surface area contributed by atoms with Crippen molar-refractivity contribution >= 4 is 33.2 Å². The lowest BCUT2D eigenvalue weighted by Crippen LogP contribution is -2.50. The maximum Gasteiger partial charge on any atom is 0.329 e. The van der Waals surface area contributed by atoms with Crippen molar-refractivity contribution in [1.29, 1.82) is 5.26 Å². The van der Waals surface area contributed by atoms with Gasteiger partial charge in [0.1, 0.15) is 10.8 Å². The smallest absolute Gasteiger partial charge is 0.329 e. The Hall–Kier alpha value is -2.90. The van der Waals surface area contributed by atoms with Crippen LogP contribution in [0.4, 0.5) is 24.5 Å². The number of piperidine rings is 1. The molecule has 2 saturated heterocycles. The summed E-state index contributed by atoms with van der Waals surface area (Å²) >= 11 is 6.26. The van der Waals surface area contributed by atoms with Crippen molar-refractivity contribution in [2.24, 2.45) is 0 Å². The molecule has 0 amide bonds. The second-order valence-electron chi connectivity index (χ2n) is 8.56. The van der Waals surface area contributed by atoms with Gasteiger partial charge in [-0.15, -0.1) is 0 Å². The number of ether oxygens (including phenoxy) is 2. The molecule has 3 heterocycles. The fourth-order valence-electron chi connectivity index (χ4n) is 4.23. The van der Waals surface area contributed by atoms with Crippen LogP contribution < -0.4 is 15.2 Å². The quantitative estimate of drug-likeness (QED) is 0.474. The molecular formula is C22H24ClF3N6O5S. The molecule has 2 aliphatic heterocycles. The van der Waals surface area contributed by atoms with E-state index in [1.54, 1.807) is 6.07 Å². The molecule has 0 saturated carbocycles. The summed E-state index contributed by atoms with van der Waals surface area (Å²) in [6.45, 7) is -2.29. The van der Waals surface area contributed by atoms with E-state index >= 15 is 0 Å². The number of benzene rings is 1. The van der Waals surface area contributed by atoms with Crippen molar-refractivity contribution < 1.29 is 31.1 Å². The minimum atomic E-state index is -4.84. The van der Waals surface area contributed by atoms with Gasteiger partial charge in [0.25, 0.3) is 5.56 Å². The second-order valence-corrected chi connectivity index (χ2v) is 10.7. The molecule has 0 spiro atoms. The van der Waals surface area contributed by atoms with Crippen LogP contribution in [0.1, 0.15) is 24.4 Å². The van der Waals surface area contributed by atoms with Gasteiger partial charge >= 0.3 is 16.8 Å². The van der Waals surface area contributed by atoms with Crippen LogP contribution in [0.3, 0.4) is 0 Å². The molecule has 1 atom stereocenters. The zero-order valence-electron chi connectivity index (χ0n) is 19.9. The van der Waals surface area contributed by atoms with E-state index in [2.05, 4.69) is 10.4 Å². The average molecular weight is 577 g/mol. The maximum atomic E-state index is 14.4. The molecule has 16 heteroatoms. The SMILES string of the molecule is N#Cc1ccc(N(C(F)F)S(=O)(=O)N2CCC(n3ncc(NC[C@H]4COCCO4)c(Cl)c3=O)CC2)c(F)c1. The summed E-state index contributed by atoms with van der Waals surface area (Å²) in [5, 5.41) is 15.9. The molecule has 2 aromatic rings. The molecule has 0 radical (unpaired) electrons. The summed E-state index contributed by atoms with van der Waals surface area (Å²) in [6, 6.07) is 3.67. The number of anilines is 2. The minimum Gasteiger partial charge on any atom is -0.380 e. The Labute approximate surface area is 221 Å². The number of nitriles is 1. The lowest BCUT2D eigenvalue weighted by molar-refractivity contribution is -0.0818. The van der Waals surface area contributed by atoms with Crippen LogP contribution in [0.5, 0.6) is 0 Å². The molecule has 2 aliphatic rings. The molecule has 38 heavy (non-hydrogen) atoms. The number of aromatic nitrogens is 2. The van der Waals surface area contributed by atoms with Gasteiger partial charge in [0.05, 0.1) is 61.2 Å². The van der Waals surface area contributed by atoms with Crippen molar-refractivity contribution in [3.63, 3.8) is 0 Å². The van der Waals surface area contributed by atoms with E-state index in [1.165, 1.54) is 6.20 Å². The Morgan fingerprint density at radius 3 is 2.63 bits per heavy atom. The van der Waals surface area contributed by atoms with E-state index in [1.807, 2.05) is 0 Å². The number of alkyl halides is 2. The van der Waals surface area contributed by atoms with E-state index in [-0.39, 0.29) is 46.9 Å². The molecule has 1 aromatic heterocycles. The molecular weight excluding hydrogens is 553 g/mol. The maximum absolute atomic E-state index is 14.4. The largest absolute Gasteiger partial charge is 0.380 e. The summed E-state index contributed by atoms with van der Waals surface area (Å²) in [5.41, 5.74) is -1.31. The van der Waals surface area contributed by atoms with Crippen molar-refractivity contribution in [2.75, 3.05) is 49.1 Å². The lowest BCUT2D eigenvalue weighted by Gasteiger charge is -2.35. The number of hydrogen-bond donors (Lipinski definition) is 1. The molecule has 0 aliphatic carbocycles. The zero-order valence-corrected chi connectivity index (χ0v) is 21.5. The highest BCUT2D eigenvalue weighted by Crippen LogP contribution is 2.31. The first-order chi connectivity index (χ1) is 18.1. The summed E-state index contributed by atoms with van der Waals surface area (Å²) in [7, 11) is -4.84. The fraction of sp³-hybridized carbons (Fsp3) is 0.500. The van der Waals surface area contributed by atoms with Gasteiger partial charge < -0.3 is 14.8 Å². The van der Waals surface area contributed by atoms with Crippen LogP contribution in [0.25, 0.3) is 0 Å². The minimum absolute atomic E-state index is 0.0788. The Bertz CT molecular complexity index is 1360. The Kier molecular flexibility index (Phi) is 8.78. The fourth-order valence-corrected chi connectivity index (χ4v) is 5.95. The summed E-state index contributed by atoms with van der Waals surface area (Å²) < 4.78 is 80.7. The Morgan fingerprint density at radius 1 is 1.29 bits per heavy atom. The third-order valence-electron chi connectivity index (χ3n) is 6.18. The van der Waals surface area contributed by atoms with Crippen molar-refractivity contribution in [3.05, 3.63) is 51.2 Å². The van der Waals surface area contributed by atoms with Crippen LogP contribution in [-0.2, 0) is 19.7 Å². The van der Waals surface area contributed by atoms with Crippen LogP contribution in [-0.4, -0.2) is 74.6 Å². The number of nitrogens with one attached hydrogen (secondary N) is 1. The molecule has 4 rings (SSSR count). The van der Waals surface area contributed by atoms with E-state index < -0.39 is 39.9 Å². The molecule has 0 bridgehead atoms. The third-order valence-corrected chi connectivity index (χ3v) is 8.42. The zero-order chi connectivity index (χ0) is 27.4. The first-order valence-electron chi connectivity index (χ1n) is 11.6. The number of nitrogens with zero attached hydrogens (tertiary/aromatic N) is 5. The average Bonchev–Trinajstić information content (AvgIpc) is 2.91. The summed E-state index contributed by atoms with van der Waals surface area (Å²) in [5.74, 6) is -1.27. The number of halogens is 4. The van der Waals surface area contributed by atoms with Crippen molar-refractivity contribution in [1.82, 2.24) is 14.1 Å². The summed E-state index contributed by atoms with van der Waals surface area (Å²) in [6.07, 6.45) is 1.33. The molecule has 2 fully saturated rings. The normalized spacial score (nSPS) is 19.3. The highest BCUT2D eigenvalue weighted by atomic mass is 35.5. The number of hydrogen-bond acceptors (Lipinski definition) is 8. The van der Waals surface area contributed by atoms with Crippen LogP contribution in [0, 0.1) is 17.1 Å². The van der Waals surface area contributed by atoms with Gasteiger partial charge in [0.15, 0.2) is 0 Å². The van der Waals surface area contributed by atoms with Crippen LogP contribution >= 0.6 is 11.6 Å². The molecule has 206 valence electrons. The monoisotopic (exact) mass is 576 g/mol. The van der Waals surface area contributed by atoms with Gasteiger partial charge in [-0.05, 0) is 31.0 Å². The van der Waals surface area contributed by atoms with E-state index in [9.17, 15) is 26.4 Å². The van der Waals surface area contributed by atoms with Crippen LogP contribution in [0.15, 0.2) is 29.2 Å². The molecule has 0 unspecified atom stereocenters. The predicted molar refractivity (Wildman–Crippen MR) is 131 cm³/mol. The predicted octanol–water partition coefficient (Wildman–Crippen LogP) is 2.35. The molecule has 1 N–H and O–H groups in total. The van der Waals surface area contributed by atoms with Crippen molar-refractivity contribution in [2.45, 2.75) is 31.5 Å². The van der Waals surface area contributed by atoms with E-state index in [0.717, 1.165) is 21.1 Å². The second kappa shape index (κ2) is 11.9. The third kappa shape index (κ3) is 5.89. The van der Waals surface area contributed by atoms with Gasteiger partial charge in [-0.2, -0.15) is 36.2 Å². The Morgan fingerprint density at radius 2 is 2.03 bits per heavy atom. The molecule has 11 nitrogen and oxygen atoms in total. The molecule has 1 aromatic carbocycles. The van der Waals surface area contributed by atoms with Crippen LogP contribution in [0.2, 0.25) is 5.02 Å². The lowest BCUT2D eigenvalue weighted by atomic mass is 10.1. The standard InChI is InChI=1S/C22H24ClF3N6O5S/c23-20-18(28-11-16-13-36-7-8-37-16)12-29-31(21(20)33)15-3-5-30(6-4-15)38(34,35)32(22(25)26)19-2-1-14(10-27)9-17(19)24/h1-2,9,12,15-16,22,28H,3-8,11,13H2/t16-/m0/s1. The highest BCUT2D eigenvalue weighted by Gasteiger charge is 2.39. The topological polar surface area (TPSA) is 130 Å². The van der Waals surface area contributed by atoms with Crippen molar-refractivity contribution in [3.8, 4) is 6.07 Å². The van der Waals surface area contributed by atoms with Gasteiger partial charge in [0, 0.05) is 19.6 Å². The highest BCUT2D eigenvalue weighted by molar-refractivity contribution is 7.90.